The molecule has 2 rings (SSSR count). The highest BCUT2D eigenvalue weighted by Gasteiger charge is 2.51. The first-order chi connectivity index (χ1) is 5.99. The largest absolute Gasteiger partial charge is 0.481 e. The van der Waals surface area contributed by atoms with Crippen LogP contribution in [0, 0.1) is 5.92 Å². The van der Waals surface area contributed by atoms with Crippen LogP contribution in [0.4, 0.5) is 0 Å². The Kier molecular flexibility index (Phi) is 1.85. The lowest BCUT2D eigenvalue weighted by Gasteiger charge is -2.19. The fourth-order valence-electron chi connectivity index (χ4n) is 2.20. The van der Waals surface area contributed by atoms with Crippen LogP contribution in [0.3, 0.4) is 0 Å². The van der Waals surface area contributed by atoms with E-state index in [-0.39, 0.29) is 18.1 Å². The Morgan fingerprint density at radius 2 is 2.08 bits per heavy atom. The monoisotopic (exact) mass is 186 g/mol. The lowest BCUT2D eigenvalue weighted by Crippen LogP contribution is -2.29. The van der Waals surface area contributed by atoms with Gasteiger partial charge in [0.25, 0.3) is 0 Å². The highest BCUT2D eigenvalue weighted by molar-refractivity contribution is 5.71. The Morgan fingerprint density at radius 3 is 2.69 bits per heavy atom. The highest BCUT2D eigenvalue weighted by atomic mass is 16.8. The van der Waals surface area contributed by atoms with Crippen molar-refractivity contribution in [3.63, 3.8) is 0 Å². The maximum absolute atomic E-state index is 10.8. The van der Waals surface area contributed by atoms with Crippen molar-refractivity contribution in [2.75, 3.05) is 0 Å². The summed E-state index contributed by atoms with van der Waals surface area (Å²) in [6.45, 7) is 3.65. The molecule has 1 aliphatic carbocycles. The van der Waals surface area contributed by atoms with Gasteiger partial charge in [0.2, 0.25) is 0 Å². The predicted octanol–water partition coefficient (Wildman–Crippen LogP) is 1.00. The van der Waals surface area contributed by atoms with Crippen molar-refractivity contribution in [3.8, 4) is 0 Å². The van der Waals surface area contributed by atoms with Crippen molar-refractivity contribution in [1.29, 1.82) is 0 Å². The highest BCUT2D eigenvalue weighted by Crippen LogP contribution is 2.41. The molecular formula is C9H14O4. The van der Waals surface area contributed by atoms with Crippen LogP contribution in [0.1, 0.15) is 26.7 Å². The lowest BCUT2D eigenvalue weighted by molar-refractivity contribution is -0.165. The van der Waals surface area contributed by atoms with Gasteiger partial charge in [-0.3, -0.25) is 4.79 Å². The molecule has 4 heteroatoms. The van der Waals surface area contributed by atoms with Crippen LogP contribution >= 0.6 is 0 Å². The minimum absolute atomic E-state index is 0.0175. The second-order valence-electron chi connectivity index (χ2n) is 4.16. The average Bonchev–Trinajstić information content (AvgIpc) is 2.41. The van der Waals surface area contributed by atoms with E-state index in [1.54, 1.807) is 0 Å². The van der Waals surface area contributed by atoms with Gasteiger partial charge >= 0.3 is 5.97 Å². The van der Waals surface area contributed by atoms with Crippen LogP contribution in [-0.4, -0.2) is 29.1 Å². The van der Waals surface area contributed by atoms with Crippen LogP contribution in [-0.2, 0) is 14.3 Å². The molecule has 13 heavy (non-hydrogen) atoms. The first kappa shape index (κ1) is 8.97. The van der Waals surface area contributed by atoms with Gasteiger partial charge < -0.3 is 14.6 Å². The molecule has 0 aromatic rings. The molecule has 1 saturated carbocycles. The van der Waals surface area contributed by atoms with Crippen molar-refractivity contribution in [2.45, 2.75) is 44.7 Å². The lowest BCUT2D eigenvalue weighted by atomic mass is 10.1. The molecule has 0 amide bonds. The Morgan fingerprint density at radius 1 is 1.38 bits per heavy atom. The zero-order valence-corrected chi connectivity index (χ0v) is 7.82. The van der Waals surface area contributed by atoms with Crippen LogP contribution in [0.15, 0.2) is 0 Å². The molecule has 0 aromatic carbocycles. The first-order valence-electron chi connectivity index (χ1n) is 4.58. The van der Waals surface area contributed by atoms with Gasteiger partial charge in [0.15, 0.2) is 5.79 Å². The van der Waals surface area contributed by atoms with E-state index in [0.717, 1.165) is 6.42 Å². The third-order valence-electron chi connectivity index (χ3n) is 2.70. The van der Waals surface area contributed by atoms with E-state index < -0.39 is 11.8 Å². The number of hydrogen-bond donors (Lipinski definition) is 1. The van der Waals surface area contributed by atoms with E-state index in [9.17, 15) is 4.79 Å². The molecule has 1 unspecified atom stereocenters. The summed E-state index contributed by atoms with van der Waals surface area (Å²) < 4.78 is 11.1. The van der Waals surface area contributed by atoms with E-state index in [4.69, 9.17) is 14.6 Å². The SMILES string of the molecule is CC1(C)O[C@H]2CCC(C(=O)O)[C@H]2O1. The summed E-state index contributed by atoms with van der Waals surface area (Å²) in [6.07, 6.45) is 1.20. The van der Waals surface area contributed by atoms with Gasteiger partial charge in [0, 0.05) is 0 Å². The number of carboxylic acids is 1. The van der Waals surface area contributed by atoms with Crippen LogP contribution in [0.25, 0.3) is 0 Å². The molecule has 1 heterocycles. The summed E-state index contributed by atoms with van der Waals surface area (Å²) in [7, 11) is 0. The zero-order chi connectivity index (χ0) is 9.64. The maximum Gasteiger partial charge on any atom is 0.309 e. The van der Waals surface area contributed by atoms with Crippen LogP contribution in [0.2, 0.25) is 0 Å². The molecule has 0 spiro atoms. The van der Waals surface area contributed by atoms with Gasteiger partial charge in [0.05, 0.1) is 12.0 Å². The smallest absolute Gasteiger partial charge is 0.309 e. The molecule has 0 aromatic heterocycles. The predicted molar refractivity (Wildman–Crippen MR) is 44.2 cm³/mol. The van der Waals surface area contributed by atoms with Crippen molar-refractivity contribution in [1.82, 2.24) is 0 Å². The summed E-state index contributed by atoms with van der Waals surface area (Å²) >= 11 is 0. The maximum atomic E-state index is 10.8. The summed E-state index contributed by atoms with van der Waals surface area (Å²) in [4.78, 5) is 10.8. The molecule has 2 aliphatic rings. The van der Waals surface area contributed by atoms with E-state index in [1.807, 2.05) is 13.8 Å². The summed E-state index contributed by atoms with van der Waals surface area (Å²) in [5.41, 5.74) is 0. The van der Waals surface area contributed by atoms with Crippen molar-refractivity contribution >= 4 is 5.97 Å². The normalized spacial score (nSPS) is 41.8. The third kappa shape index (κ3) is 1.44. The van der Waals surface area contributed by atoms with Gasteiger partial charge in [-0.1, -0.05) is 0 Å². The fourth-order valence-corrected chi connectivity index (χ4v) is 2.20. The second kappa shape index (κ2) is 2.69. The van der Waals surface area contributed by atoms with Gasteiger partial charge in [-0.2, -0.15) is 0 Å². The summed E-state index contributed by atoms with van der Waals surface area (Å²) in [5, 5.41) is 8.89. The van der Waals surface area contributed by atoms with Crippen LogP contribution < -0.4 is 0 Å². The number of aliphatic carboxylic acids is 1. The quantitative estimate of drug-likeness (QED) is 0.663. The minimum Gasteiger partial charge on any atom is -0.481 e. The molecule has 74 valence electrons. The van der Waals surface area contributed by atoms with E-state index in [0.29, 0.717) is 6.42 Å². The second-order valence-corrected chi connectivity index (χ2v) is 4.16. The van der Waals surface area contributed by atoms with Gasteiger partial charge in [0.1, 0.15) is 6.10 Å². The number of carboxylic acid groups (broad SMARTS) is 1. The number of hydrogen-bond acceptors (Lipinski definition) is 3. The van der Waals surface area contributed by atoms with E-state index in [1.165, 1.54) is 0 Å². The summed E-state index contributed by atoms with van der Waals surface area (Å²) in [5.74, 6) is -1.76. The molecule has 1 N–H and O–H groups in total. The number of fused-ring (bicyclic) bond motifs is 1. The Labute approximate surface area is 76.8 Å². The minimum atomic E-state index is -0.770. The summed E-state index contributed by atoms with van der Waals surface area (Å²) in [6, 6.07) is 0. The average molecular weight is 186 g/mol. The van der Waals surface area contributed by atoms with Crippen molar-refractivity contribution in [3.05, 3.63) is 0 Å². The zero-order valence-electron chi connectivity index (χ0n) is 7.82. The van der Waals surface area contributed by atoms with Crippen molar-refractivity contribution < 1.29 is 19.4 Å². The number of rotatable bonds is 1. The van der Waals surface area contributed by atoms with Gasteiger partial charge in [-0.15, -0.1) is 0 Å². The first-order valence-corrected chi connectivity index (χ1v) is 4.58. The number of ether oxygens (including phenoxy) is 2. The third-order valence-corrected chi connectivity index (χ3v) is 2.70. The van der Waals surface area contributed by atoms with E-state index in [2.05, 4.69) is 0 Å². The molecule has 3 atom stereocenters. The Balaban J connectivity index is 2.12. The fraction of sp³-hybridized carbons (Fsp3) is 0.889. The van der Waals surface area contributed by atoms with E-state index >= 15 is 0 Å². The van der Waals surface area contributed by atoms with Crippen molar-refractivity contribution in [2.24, 2.45) is 5.92 Å². The molecular weight excluding hydrogens is 172 g/mol. The van der Waals surface area contributed by atoms with Crippen LogP contribution in [0.5, 0.6) is 0 Å². The molecule has 1 aliphatic heterocycles. The standard InChI is InChI=1S/C9H14O4/c1-9(2)12-6-4-3-5(8(10)11)7(6)13-9/h5-7H,3-4H2,1-2H3,(H,10,11)/t5?,6-,7+/m0/s1. The number of carbonyl (C=O) groups is 1. The molecule has 4 nitrogen and oxygen atoms in total. The molecule has 0 bridgehead atoms. The topological polar surface area (TPSA) is 55.8 Å². The molecule has 1 saturated heterocycles. The van der Waals surface area contributed by atoms with Gasteiger partial charge in [-0.25, -0.2) is 0 Å². The Hall–Kier alpha value is -0.610. The molecule has 0 radical (unpaired) electrons. The van der Waals surface area contributed by atoms with Gasteiger partial charge in [-0.05, 0) is 26.7 Å². The Bertz CT molecular complexity index is 236. The molecule has 2 fully saturated rings.